The second kappa shape index (κ2) is 3.24. The number of rotatable bonds is 2. The predicted molar refractivity (Wildman–Crippen MR) is 60.3 cm³/mol. The summed E-state index contributed by atoms with van der Waals surface area (Å²) in [5.41, 5.74) is 2.92. The van der Waals surface area contributed by atoms with E-state index in [1.54, 1.807) is 7.11 Å². The third-order valence-corrected chi connectivity index (χ3v) is 3.42. The van der Waals surface area contributed by atoms with Gasteiger partial charge in [-0.25, -0.2) is 0 Å². The second-order valence-electron chi connectivity index (χ2n) is 4.80. The first-order valence-electron chi connectivity index (χ1n) is 5.40. The molecule has 0 spiro atoms. The van der Waals surface area contributed by atoms with Crippen LogP contribution >= 0.6 is 0 Å². The third kappa shape index (κ3) is 1.36. The molecule has 0 unspecified atom stereocenters. The van der Waals surface area contributed by atoms with Crippen LogP contribution in [0, 0.1) is 0 Å². The fourth-order valence-electron chi connectivity index (χ4n) is 2.37. The lowest BCUT2D eigenvalue weighted by atomic mass is 9.72. The van der Waals surface area contributed by atoms with Crippen LogP contribution in [0.15, 0.2) is 12.1 Å². The van der Waals surface area contributed by atoms with Gasteiger partial charge in [0.05, 0.1) is 5.60 Å². The molecule has 0 saturated heterocycles. The molecule has 1 atom stereocenters. The number of ether oxygens (including phenoxy) is 1. The molecular formula is C13H18O2. The van der Waals surface area contributed by atoms with Gasteiger partial charge < -0.3 is 9.84 Å². The number of aromatic hydroxyl groups is 1. The SMILES string of the molecule is CO[C@@]1(C)Cc2ccc(C(C)C)c(O)c21. The molecule has 1 aliphatic carbocycles. The van der Waals surface area contributed by atoms with Crippen LogP contribution in [0.5, 0.6) is 5.75 Å². The average Bonchev–Trinajstić information content (AvgIpc) is 2.14. The van der Waals surface area contributed by atoms with E-state index in [2.05, 4.69) is 19.9 Å². The molecule has 82 valence electrons. The van der Waals surface area contributed by atoms with E-state index in [4.69, 9.17) is 4.74 Å². The fourth-order valence-corrected chi connectivity index (χ4v) is 2.37. The summed E-state index contributed by atoms with van der Waals surface area (Å²) in [5, 5.41) is 10.2. The van der Waals surface area contributed by atoms with Crippen LogP contribution in [-0.4, -0.2) is 12.2 Å². The highest BCUT2D eigenvalue weighted by Crippen LogP contribution is 2.48. The molecule has 0 radical (unpaired) electrons. The Morgan fingerprint density at radius 2 is 2.07 bits per heavy atom. The molecule has 1 aliphatic rings. The van der Waals surface area contributed by atoms with Crippen LogP contribution in [-0.2, 0) is 16.8 Å². The zero-order chi connectivity index (χ0) is 11.2. The number of methoxy groups -OCH3 is 1. The summed E-state index contributed by atoms with van der Waals surface area (Å²) < 4.78 is 5.46. The van der Waals surface area contributed by atoms with Crippen LogP contribution in [0.4, 0.5) is 0 Å². The molecule has 1 N–H and O–H groups in total. The second-order valence-corrected chi connectivity index (χ2v) is 4.80. The van der Waals surface area contributed by atoms with Gasteiger partial charge in [-0.1, -0.05) is 26.0 Å². The van der Waals surface area contributed by atoms with E-state index in [0.29, 0.717) is 11.7 Å². The van der Waals surface area contributed by atoms with Crippen molar-refractivity contribution < 1.29 is 9.84 Å². The van der Waals surface area contributed by atoms with E-state index >= 15 is 0 Å². The van der Waals surface area contributed by atoms with Gasteiger partial charge in [-0.05, 0) is 24.0 Å². The normalized spacial score (nSPS) is 23.8. The number of fused-ring (bicyclic) bond motifs is 1. The Kier molecular flexibility index (Phi) is 2.27. The van der Waals surface area contributed by atoms with Gasteiger partial charge in [-0.2, -0.15) is 0 Å². The molecule has 0 heterocycles. The van der Waals surface area contributed by atoms with Gasteiger partial charge >= 0.3 is 0 Å². The summed E-state index contributed by atoms with van der Waals surface area (Å²) in [6.45, 7) is 6.20. The van der Waals surface area contributed by atoms with Crippen molar-refractivity contribution >= 4 is 0 Å². The van der Waals surface area contributed by atoms with Gasteiger partial charge in [0.2, 0.25) is 0 Å². The maximum Gasteiger partial charge on any atom is 0.125 e. The standard InChI is InChI=1S/C13H18O2/c1-8(2)10-6-5-9-7-13(3,15-4)11(9)12(10)14/h5-6,8,14H,7H2,1-4H3/t13-/m0/s1. The maximum atomic E-state index is 10.2. The average molecular weight is 206 g/mol. The highest BCUT2D eigenvalue weighted by atomic mass is 16.5. The van der Waals surface area contributed by atoms with Crippen molar-refractivity contribution in [3.8, 4) is 5.75 Å². The fraction of sp³-hybridized carbons (Fsp3) is 0.538. The number of hydrogen-bond donors (Lipinski definition) is 1. The number of phenolic OH excluding ortho intramolecular Hbond substituents is 1. The molecule has 0 aromatic heterocycles. The lowest BCUT2D eigenvalue weighted by Gasteiger charge is -2.41. The zero-order valence-corrected chi connectivity index (χ0v) is 9.79. The van der Waals surface area contributed by atoms with Gasteiger partial charge in [0.25, 0.3) is 0 Å². The Balaban J connectivity index is 2.53. The zero-order valence-electron chi connectivity index (χ0n) is 9.79. The molecule has 0 amide bonds. The monoisotopic (exact) mass is 206 g/mol. The highest BCUT2D eigenvalue weighted by Gasteiger charge is 2.42. The third-order valence-electron chi connectivity index (χ3n) is 3.42. The molecule has 0 bridgehead atoms. The molecule has 0 aliphatic heterocycles. The van der Waals surface area contributed by atoms with Crippen LogP contribution < -0.4 is 0 Å². The minimum Gasteiger partial charge on any atom is -0.507 e. The Labute approximate surface area is 90.9 Å². The summed E-state index contributed by atoms with van der Waals surface area (Å²) in [6.07, 6.45) is 0.894. The first-order chi connectivity index (χ1) is 6.99. The molecule has 1 aromatic rings. The number of benzene rings is 1. The van der Waals surface area contributed by atoms with Crippen molar-refractivity contribution in [2.24, 2.45) is 0 Å². The van der Waals surface area contributed by atoms with Crippen molar-refractivity contribution in [3.05, 3.63) is 28.8 Å². The van der Waals surface area contributed by atoms with E-state index in [1.807, 2.05) is 13.0 Å². The van der Waals surface area contributed by atoms with Gasteiger partial charge in [0, 0.05) is 19.1 Å². The van der Waals surface area contributed by atoms with Crippen LogP contribution in [0.2, 0.25) is 0 Å². The topological polar surface area (TPSA) is 29.5 Å². The molecule has 2 rings (SSSR count). The quantitative estimate of drug-likeness (QED) is 0.806. The van der Waals surface area contributed by atoms with Crippen LogP contribution in [0.3, 0.4) is 0 Å². The van der Waals surface area contributed by atoms with Gasteiger partial charge in [0.15, 0.2) is 0 Å². The van der Waals surface area contributed by atoms with E-state index in [1.165, 1.54) is 5.56 Å². The van der Waals surface area contributed by atoms with Crippen LogP contribution in [0.25, 0.3) is 0 Å². The molecule has 1 aromatic carbocycles. The van der Waals surface area contributed by atoms with Gasteiger partial charge in [-0.3, -0.25) is 0 Å². The van der Waals surface area contributed by atoms with E-state index < -0.39 is 0 Å². The van der Waals surface area contributed by atoms with Crippen molar-refractivity contribution in [3.63, 3.8) is 0 Å². The lowest BCUT2D eigenvalue weighted by molar-refractivity contribution is -0.0204. The molecule has 2 nitrogen and oxygen atoms in total. The van der Waals surface area contributed by atoms with Crippen molar-refractivity contribution in [1.82, 2.24) is 0 Å². The minimum atomic E-state index is -0.287. The summed E-state index contributed by atoms with van der Waals surface area (Å²) in [7, 11) is 1.70. The smallest absolute Gasteiger partial charge is 0.125 e. The Hall–Kier alpha value is -1.02. The van der Waals surface area contributed by atoms with Crippen molar-refractivity contribution in [2.45, 2.75) is 38.7 Å². The summed E-state index contributed by atoms with van der Waals surface area (Å²) >= 11 is 0. The largest absolute Gasteiger partial charge is 0.507 e. The number of phenols is 1. The Morgan fingerprint density at radius 1 is 1.40 bits per heavy atom. The van der Waals surface area contributed by atoms with Gasteiger partial charge in [-0.15, -0.1) is 0 Å². The summed E-state index contributed by atoms with van der Waals surface area (Å²) in [6, 6.07) is 4.12. The molecule has 15 heavy (non-hydrogen) atoms. The molecule has 0 fully saturated rings. The predicted octanol–water partition coefficient (Wildman–Crippen LogP) is 2.93. The van der Waals surface area contributed by atoms with E-state index in [0.717, 1.165) is 17.5 Å². The number of hydrogen-bond acceptors (Lipinski definition) is 2. The van der Waals surface area contributed by atoms with Gasteiger partial charge in [0.1, 0.15) is 5.75 Å². The summed E-state index contributed by atoms with van der Waals surface area (Å²) in [4.78, 5) is 0. The first kappa shape index (κ1) is 10.5. The lowest BCUT2D eigenvalue weighted by Crippen LogP contribution is -2.37. The Bertz CT molecular complexity index is 396. The highest BCUT2D eigenvalue weighted by molar-refractivity contribution is 5.55. The first-order valence-corrected chi connectivity index (χ1v) is 5.40. The van der Waals surface area contributed by atoms with Crippen molar-refractivity contribution in [2.75, 3.05) is 7.11 Å². The molecular weight excluding hydrogens is 188 g/mol. The summed E-state index contributed by atoms with van der Waals surface area (Å²) in [5.74, 6) is 0.773. The van der Waals surface area contributed by atoms with E-state index in [9.17, 15) is 5.11 Å². The molecule has 2 heteroatoms. The van der Waals surface area contributed by atoms with Crippen LogP contribution in [0.1, 0.15) is 43.4 Å². The maximum absolute atomic E-state index is 10.2. The van der Waals surface area contributed by atoms with Crippen molar-refractivity contribution in [1.29, 1.82) is 0 Å². The molecule has 0 saturated carbocycles. The Morgan fingerprint density at radius 3 is 2.60 bits per heavy atom. The van der Waals surface area contributed by atoms with E-state index in [-0.39, 0.29) is 5.60 Å². The minimum absolute atomic E-state index is 0.287.